The summed E-state index contributed by atoms with van der Waals surface area (Å²) >= 11 is 0. The molecule has 1 rings (SSSR count). The maximum Gasteiger partial charge on any atom is 0.113 e. The highest BCUT2D eigenvalue weighted by Crippen LogP contribution is 2.32. The summed E-state index contributed by atoms with van der Waals surface area (Å²) in [6, 6.07) is 0. The van der Waals surface area contributed by atoms with Gasteiger partial charge in [-0.25, -0.2) is 0 Å². The van der Waals surface area contributed by atoms with E-state index in [-0.39, 0.29) is 5.60 Å². The number of aliphatic hydroxyl groups is 1. The van der Waals surface area contributed by atoms with Gasteiger partial charge >= 0.3 is 0 Å². The van der Waals surface area contributed by atoms with Crippen molar-refractivity contribution in [3.63, 3.8) is 0 Å². The van der Waals surface area contributed by atoms with Crippen molar-refractivity contribution in [2.24, 2.45) is 0 Å². The molecule has 0 aromatic carbocycles. The van der Waals surface area contributed by atoms with Crippen LogP contribution in [0.4, 0.5) is 0 Å². The van der Waals surface area contributed by atoms with Crippen molar-refractivity contribution in [1.82, 2.24) is 0 Å². The van der Waals surface area contributed by atoms with Crippen LogP contribution < -0.4 is 5.73 Å². The molecule has 2 heteroatoms. The van der Waals surface area contributed by atoms with Gasteiger partial charge in [0.05, 0.1) is 0 Å². The van der Waals surface area contributed by atoms with Crippen LogP contribution in [0, 0.1) is 0 Å². The molecular weight excluding hydrogens is 78.0 g/mol. The molecule has 1 aliphatic carbocycles. The summed E-state index contributed by atoms with van der Waals surface area (Å²) in [5.74, 6) is 0. The third kappa shape index (κ3) is 0.533. The molecule has 0 spiro atoms. The molecule has 0 unspecified atom stereocenters. The van der Waals surface area contributed by atoms with E-state index in [1.165, 1.54) is 0 Å². The minimum Gasteiger partial charge on any atom is -0.384 e. The van der Waals surface area contributed by atoms with E-state index in [9.17, 15) is 0 Å². The first kappa shape index (κ1) is 4.09. The van der Waals surface area contributed by atoms with Gasteiger partial charge in [0.1, 0.15) is 12.1 Å². The summed E-state index contributed by atoms with van der Waals surface area (Å²) < 4.78 is 0. The van der Waals surface area contributed by atoms with Crippen molar-refractivity contribution in [3.05, 3.63) is 0 Å². The zero-order valence-electron chi connectivity index (χ0n) is 3.78. The standard InChI is InChI=1S/C4H9NO/c5-3-4(6)1-2-4/h6H,1-3,5H2/p+1. The Hall–Kier alpha value is -0.0800. The molecule has 0 aliphatic heterocycles. The lowest BCUT2D eigenvalue weighted by Crippen LogP contribution is -2.56. The van der Waals surface area contributed by atoms with E-state index in [0.717, 1.165) is 12.8 Å². The van der Waals surface area contributed by atoms with Crippen molar-refractivity contribution >= 4 is 0 Å². The maximum absolute atomic E-state index is 8.88. The Labute approximate surface area is 37.0 Å². The van der Waals surface area contributed by atoms with E-state index in [0.29, 0.717) is 6.54 Å². The molecular formula is C4H10NO+. The second-order valence-electron chi connectivity index (χ2n) is 1.97. The topological polar surface area (TPSA) is 47.9 Å². The number of quaternary nitrogens is 1. The minimum atomic E-state index is -0.319. The summed E-state index contributed by atoms with van der Waals surface area (Å²) in [7, 11) is 0. The lowest BCUT2D eigenvalue weighted by Gasteiger charge is -1.93. The van der Waals surface area contributed by atoms with Gasteiger partial charge in [-0.3, -0.25) is 0 Å². The molecule has 0 saturated heterocycles. The molecule has 1 aliphatic rings. The van der Waals surface area contributed by atoms with Gasteiger partial charge in [-0.1, -0.05) is 0 Å². The van der Waals surface area contributed by atoms with Crippen LogP contribution in [0.15, 0.2) is 0 Å². The first-order valence-electron chi connectivity index (χ1n) is 2.28. The summed E-state index contributed by atoms with van der Waals surface area (Å²) in [5.41, 5.74) is 3.25. The minimum absolute atomic E-state index is 0.319. The largest absolute Gasteiger partial charge is 0.384 e. The molecule has 0 amide bonds. The highest BCUT2D eigenvalue weighted by atomic mass is 16.3. The summed E-state index contributed by atoms with van der Waals surface area (Å²) in [6.07, 6.45) is 1.94. The predicted molar refractivity (Wildman–Crippen MR) is 21.9 cm³/mol. The Kier molecular flexibility index (Phi) is 0.648. The lowest BCUT2D eigenvalue weighted by molar-refractivity contribution is -0.388. The Bertz CT molecular complexity index is 58.6. The molecule has 6 heavy (non-hydrogen) atoms. The van der Waals surface area contributed by atoms with Crippen LogP contribution in [0.25, 0.3) is 0 Å². The zero-order valence-corrected chi connectivity index (χ0v) is 3.78. The van der Waals surface area contributed by atoms with Crippen LogP contribution in [-0.4, -0.2) is 17.3 Å². The molecule has 1 fully saturated rings. The highest BCUT2D eigenvalue weighted by Gasteiger charge is 2.40. The normalized spacial score (nSPS) is 27.0. The second-order valence-corrected chi connectivity index (χ2v) is 1.97. The van der Waals surface area contributed by atoms with Gasteiger partial charge < -0.3 is 10.8 Å². The fourth-order valence-electron chi connectivity index (χ4n) is 0.394. The Balaban J connectivity index is 2.28. The van der Waals surface area contributed by atoms with Crippen molar-refractivity contribution in [3.8, 4) is 0 Å². The van der Waals surface area contributed by atoms with E-state index >= 15 is 0 Å². The molecule has 4 N–H and O–H groups in total. The van der Waals surface area contributed by atoms with Crippen molar-refractivity contribution in [2.75, 3.05) is 6.54 Å². The van der Waals surface area contributed by atoms with Crippen LogP contribution in [0.5, 0.6) is 0 Å². The zero-order chi connectivity index (χ0) is 4.62. The fourth-order valence-corrected chi connectivity index (χ4v) is 0.394. The molecule has 0 bridgehead atoms. The smallest absolute Gasteiger partial charge is 0.113 e. The monoisotopic (exact) mass is 88.1 g/mol. The Morgan fingerprint density at radius 3 is 2.17 bits per heavy atom. The van der Waals surface area contributed by atoms with Gasteiger partial charge in [0.2, 0.25) is 0 Å². The average Bonchev–Trinajstić information content (AvgIpc) is 2.22. The van der Waals surface area contributed by atoms with Gasteiger partial charge in [-0.2, -0.15) is 0 Å². The predicted octanol–water partition coefficient (Wildman–Crippen LogP) is -1.25. The van der Waals surface area contributed by atoms with Crippen LogP contribution in [-0.2, 0) is 0 Å². The molecule has 0 aromatic rings. The average molecular weight is 88.1 g/mol. The van der Waals surface area contributed by atoms with Gasteiger partial charge in [0, 0.05) is 0 Å². The number of hydrogen-bond donors (Lipinski definition) is 2. The highest BCUT2D eigenvalue weighted by molar-refractivity contribution is 4.91. The van der Waals surface area contributed by atoms with E-state index in [2.05, 4.69) is 5.73 Å². The molecule has 0 heterocycles. The first-order chi connectivity index (χ1) is 2.77. The van der Waals surface area contributed by atoms with Crippen LogP contribution in [0.3, 0.4) is 0 Å². The van der Waals surface area contributed by atoms with Gasteiger partial charge in [-0.15, -0.1) is 0 Å². The van der Waals surface area contributed by atoms with Crippen molar-refractivity contribution in [1.29, 1.82) is 0 Å². The van der Waals surface area contributed by atoms with Gasteiger partial charge in [0.15, 0.2) is 0 Å². The summed E-state index contributed by atoms with van der Waals surface area (Å²) in [4.78, 5) is 0. The summed E-state index contributed by atoms with van der Waals surface area (Å²) in [6.45, 7) is 0.688. The van der Waals surface area contributed by atoms with Crippen molar-refractivity contribution in [2.45, 2.75) is 18.4 Å². The van der Waals surface area contributed by atoms with Crippen LogP contribution >= 0.6 is 0 Å². The number of hydrogen-bond acceptors (Lipinski definition) is 1. The summed E-state index contributed by atoms with van der Waals surface area (Å²) in [5, 5.41) is 8.88. The molecule has 0 atom stereocenters. The van der Waals surface area contributed by atoms with Crippen LogP contribution in [0.1, 0.15) is 12.8 Å². The molecule has 2 nitrogen and oxygen atoms in total. The van der Waals surface area contributed by atoms with E-state index < -0.39 is 0 Å². The van der Waals surface area contributed by atoms with E-state index in [1.54, 1.807) is 0 Å². The number of rotatable bonds is 1. The molecule has 1 saturated carbocycles. The first-order valence-corrected chi connectivity index (χ1v) is 2.28. The third-order valence-electron chi connectivity index (χ3n) is 1.29. The second kappa shape index (κ2) is 0.950. The quantitative estimate of drug-likeness (QED) is 0.413. The Morgan fingerprint density at radius 1 is 1.67 bits per heavy atom. The van der Waals surface area contributed by atoms with Gasteiger partial charge in [-0.05, 0) is 12.8 Å². The SMILES string of the molecule is [NH3+]CC1(O)CC1. The van der Waals surface area contributed by atoms with E-state index in [1.807, 2.05) is 0 Å². The van der Waals surface area contributed by atoms with Gasteiger partial charge in [0.25, 0.3) is 0 Å². The lowest BCUT2D eigenvalue weighted by atomic mass is 10.4. The van der Waals surface area contributed by atoms with Crippen LogP contribution in [0.2, 0.25) is 0 Å². The third-order valence-corrected chi connectivity index (χ3v) is 1.29. The van der Waals surface area contributed by atoms with E-state index in [4.69, 9.17) is 5.11 Å². The molecule has 36 valence electrons. The van der Waals surface area contributed by atoms with Crippen molar-refractivity contribution < 1.29 is 10.8 Å². The molecule has 0 aromatic heterocycles. The molecule has 0 radical (unpaired) electrons. The maximum atomic E-state index is 8.88. The Morgan fingerprint density at radius 2 is 2.17 bits per heavy atom. The fraction of sp³-hybridized carbons (Fsp3) is 1.00.